The minimum atomic E-state index is -0.265. The number of nitrogens with one attached hydrogen (secondary N) is 1. The second-order valence-corrected chi connectivity index (χ2v) is 9.20. The standard InChI is InChI=1S/C24H25N5O2S2/c1-4-29-22(17(3)31-19-8-6-5-7-9-19)27-28-24(29)33-15-21(30)26-23-25-20(14-32-23)18-12-10-16(2)11-13-18/h5-14,17H,4,15H2,1-3H3,(H,25,26,30)/t17-/m0/s1. The number of hydrogen-bond acceptors (Lipinski definition) is 7. The Morgan fingerprint density at radius 1 is 1.15 bits per heavy atom. The van der Waals surface area contributed by atoms with Crippen molar-refractivity contribution in [1.29, 1.82) is 0 Å². The van der Waals surface area contributed by atoms with Crippen LogP contribution in [0.15, 0.2) is 65.1 Å². The number of carbonyl (C=O) groups excluding carboxylic acids is 1. The van der Waals surface area contributed by atoms with E-state index in [9.17, 15) is 4.79 Å². The highest BCUT2D eigenvalue weighted by Gasteiger charge is 2.19. The molecular weight excluding hydrogens is 454 g/mol. The molecule has 2 aromatic carbocycles. The molecule has 0 fully saturated rings. The molecule has 0 radical (unpaired) electrons. The molecule has 0 unspecified atom stereocenters. The van der Waals surface area contributed by atoms with Crippen molar-refractivity contribution >= 4 is 34.1 Å². The van der Waals surface area contributed by atoms with Crippen molar-refractivity contribution in [3.63, 3.8) is 0 Å². The molecule has 0 aliphatic rings. The molecule has 0 spiro atoms. The molecule has 1 N–H and O–H groups in total. The summed E-state index contributed by atoms with van der Waals surface area (Å²) < 4.78 is 7.96. The second kappa shape index (κ2) is 10.6. The molecule has 0 aliphatic heterocycles. The lowest BCUT2D eigenvalue weighted by Gasteiger charge is -2.15. The maximum absolute atomic E-state index is 12.5. The molecule has 4 rings (SSSR count). The molecule has 2 heterocycles. The molecule has 0 saturated carbocycles. The molecule has 1 amide bonds. The minimum absolute atomic E-state index is 0.134. The summed E-state index contributed by atoms with van der Waals surface area (Å²) in [5.74, 6) is 1.58. The molecule has 170 valence electrons. The van der Waals surface area contributed by atoms with Gasteiger partial charge in [-0.3, -0.25) is 4.79 Å². The number of thioether (sulfide) groups is 1. The number of benzene rings is 2. The average Bonchev–Trinajstić information content (AvgIpc) is 3.45. The minimum Gasteiger partial charge on any atom is -0.483 e. The van der Waals surface area contributed by atoms with Gasteiger partial charge in [-0.2, -0.15) is 0 Å². The lowest BCUT2D eigenvalue weighted by Crippen LogP contribution is -2.15. The van der Waals surface area contributed by atoms with Gasteiger partial charge in [0.15, 0.2) is 22.2 Å². The maximum atomic E-state index is 12.5. The van der Waals surface area contributed by atoms with E-state index in [2.05, 4.69) is 20.5 Å². The predicted octanol–water partition coefficient (Wildman–Crippen LogP) is 5.60. The van der Waals surface area contributed by atoms with E-state index in [1.54, 1.807) is 0 Å². The number of thiazole rings is 1. The number of aromatic nitrogens is 4. The molecule has 4 aromatic rings. The van der Waals surface area contributed by atoms with E-state index in [4.69, 9.17) is 4.74 Å². The zero-order valence-electron chi connectivity index (χ0n) is 18.7. The Kier molecular flexibility index (Phi) is 7.41. The third-order valence-electron chi connectivity index (χ3n) is 4.91. The molecular formula is C24H25N5O2S2. The van der Waals surface area contributed by atoms with Crippen LogP contribution in [0.3, 0.4) is 0 Å². The van der Waals surface area contributed by atoms with Crippen molar-refractivity contribution in [1.82, 2.24) is 19.7 Å². The summed E-state index contributed by atoms with van der Waals surface area (Å²) in [6.45, 7) is 6.70. The van der Waals surface area contributed by atoms with Gasteiger partial charge in [0.05, 0.1) is 11.4 Å². The van der Waals surface area contributed by atoms with E-state index >= 15 is 0 Å². The summed E-state index contributed by atoms with van der Waals surface area (Å²) >= 11 is 2.76. The van der Waals surface area contributed by atoms with Crippen LogP contribution in [-0.4, -0.2) is 31.4 Å². The van der Waals surface area contributed by atoms with E-state index in [0.717, 1.165) is 22.8 Å². The van der Waals surface area contributed by atoms with Crippen LogP contribution in [0.25, 0.3) is 11.3 Å². The first-order valence-electron chi connectivity index (χ1n) is 10.6. The van der Waals surface area contributed by atoms with E-state index in [1.807, 2.05) is 85.3 Å². The predicted molar refractivity (Wildman–Crippen MR) is 133 cm³/mol. The highest BCUT2D eigenvalue weighted by atomic mass is 32.2. The van der Waals surface area contributed by atoms with Crippen molar-refractivity contribution in [2.45, 2.75) is 38.6 Å². The number of amides is 1. The van der Waals surface area contributed by atoms with Gasteiger partial charge in [0.25, 0.3) is 0 Å². The summed E-state index contributed by atoms with van der Waals surface area (Å²) in [7, 11) is 0. The molecule has 2 aromatic heterocycles. The SMILES string of the molecule is CCn1c(SCC(=O)Nc2nc(-c3ccc(C)cc3)cs2)nnc1[C@H](C)Oc1ccccc1. The Morgan fingerprint density at radius 2 is 1.91 bits per heavy atom. The second-order valence-electron chi connectivity index (χ2n) is 7.40. The number of carbonyl (C=O) groups is 1. The van der Waals surface area contributed by atoms with E-state index in [0.29, 0.717) is 16.8 Å². The quantitative estimate of drug-likeness (QED) is 0.315. The highest BCUT2D eigenvalue weighted by molar-refractivity contribution is 7.99. The Morgan fingerprint density at radius 3 is 2.64 bits per heavy atom. The van der Waals surface area contributed by atoms with Crippen molar-refractivity contribution < 1.29 is 9.53 Å². The van der Waals surface area contributed by atoms with Gasteiger partial charge in [-0.15, -0.1) is 21.5 Å². The van der Waals surface area contributed by atoms with Crippen LogP contribution in [0.2, 0.25) is 0 Å². The summed E-state index contributed by atoms with van der Waals surface area (Å²) in [6, 6.07) is 17.8. The number of aryl methyl sites for hydroxylation is 1. The van der Waals surface area contributed by atoms with Crippen LogP contribution in [0.5, 0.6) is 5.75 Å². The van der Waals surface area contributed by atoms with Crippen molar-refractivity contribution in [2.75, 3.05) is 11.1 Å². The van der Waals surface area contributed by atoms with Gasteiger partial charge < -0.3 is 14.6 Å². The first-order valence-corrected chi connectivity index (χ1v) is 12.5. The Bertz CT molecular complexity index is 1210. The fourth-order valence-corrected chi connectivity index (χ4v) is 4.78. The van der Waals surface area contributed by atoms with Gasteiger partial charge in [0.2, 0.25) is 5.91 Å². The van der Waals surface area contributed by atoms with Gasteiger partial charge in [0, 0.05) is 17.5 Å². The number of ether oxygens (including phenoxy) is 1. The number of hydrogen-bond donors (Lipinski definition) is 1. The summed E-state index contributed by atoms with van der Waals surface area (Å²) in [4.78, 5) is 17.0. The van der Waals surface area contributed by atoms with Gasteiger partial charge >= 0.3 is 0 Å². The van der Waals surface area contributed by atoms with Crippen molar-refractivity contribution in [3.8, 4) is 17.0 Å². The van der Waals surface area contributed by atoms with E-state index < -0.39 is 0 Å². The summed E-state index contributed by atoms with van der Waals surface area (Å²) in [5.41, 5.74) is 3.08. The van der Waals surface area contributed by atoms with Crippen LogP contribution >= 0.6 is 23.1 Å². The normalized spacial score (nSPS) is 11.8. The van der Waals surface area contributed by atoms with E-state index in [1.165, 1.54) is 28.7 Å². The number of nitrogens with zero attached hydrogens (tertiary/aromatic N) is 4. The molecule has 0 saturated heterocycles. The first-order chi connectivity index (χ1) is 16.0. The topological polar surface area (TPSA) is 81.9 Å². The zero-order valence-corrected chi connectivity index (χ0v) is 20.3. The largest absolute Gasteiger partial charge is 0.483 e. The van der Waals surface area contributed by atoms with Gasteiger partial charge in [-0.05, 0) is 32.9 Å². The molecule has 1 atom stereocenters. The molecule has 7 nitrogen and oxygen atoms in total. The lowest BCUT2D eigenvalue weighted by atomic mass is 10.1. The lowest BCUT2D eigenvalue weighted by molar-refractivity contribution is -0.113. The average molecular weight is 480 g/mol. The molecule has 0 bridgehead atoms. The zero-order chi connectivity index (χ0) is 23.2. The van der Waals surface area contributed by atoms with Crippen molar-refractivity contribution in [3.05, 3.63) is 71.4 Å². The molecule has 33 heavy (non-hydrogen) atoms. The van der Waals surface area contributed by atoms with Crippen LogP contribution < -0.4 is 10.1 Å². The smallest absolute Gasteiger partial charge is 0.236 e. The van der Waals surface area contributed by atoms with Crippen LogP contribution in [0, 0.1) is 6.92 Å². The van der Waals surface area contributed by atoms with Gasteiger partial charge in [-0.1, -0.05) is 59.8 Å². The number of anilines is 1. The third-order valence-corrected chi connectivity index (χ3v) is 6.64. The van der Waals surface area contributed by atoms with Gasteiger partial charge in [-0.25, -0.2) is 4.98 Å². The molecule has 9 heteroatoms. The van der Waals surface area contributed by atoms with E-state index in [-0.39, 0.29) is 17.8 Å². The van der Waals surface area contributed by atoms with Crippen LogP contribution in [0.4, 0.5) is 5.13 Å². The first kappa shape index (κ1) is 23.0. The molecule has 0 aliphatic carbocycles. The fraction of sp³-hybridized carbons (Fsp3) is 0.250. The van der Waals surface area contributed by atoms with Crippen LogP contribution in [0.1, 0.15) is 31.3 Å². The maximum Gasteiger partial charge on any atom is 0.236 e. The van der Waals surface area contributed by atoms with Crippen molar-refractivity contribution in [2.24, 2.45) is 0 Å². The summed E-state index contributed by atoms with van der Waals surface area (Å²) in [5, 5.41) is 14.7. The highest BCUT2D eigenvalue weighted by Crippen LogP contribution is 2.27. The monoisotopic (exact) mass is 479 g/mol. The number of rotatable bonds is 9. The fourth-order valence-electron chi connectivity index (χ4n) is 3.23. The third kappa shape index (κ3) is 5.80. The van der Waals surface area contributed by atoms with Gasteiger partial charge in [0.1, 0.15) is 5.75 Å². The van der Waals surface area contributed by atoms with Crippen LogP contribution in [-0.2, 0) is 11.3 Å². The Balaban J connectivity index is 1.35. The summed E-state index contributed by atoms with van der Waals surface area (Å²) in [6.07, 6.45) is -0.265. The number of para-hydroxylation sites is 1. The Hall–Kier alpha value is -3.17. The Labute approximate surface area is 201 Å².